The van der Waals surface area contributed by atoms with Gasteiger partial charge in [0.2, 0.25) is 0 Å². The molecule has 0 aliphatic heterocycles. The molecule has 0 spiro atoms. The average Bonchev–Trinajstić information content (AvgIpc) is 2.03. The molecule has 1 aromatic rings. The minimum Gasteiger partial charge on any atom is -0.387 e. The molecule has 12 heavy (non-hydrogen) atoms. The molecule has 0 fully saturated rings. The average molecular weight is 190 g/mol. The summed E-state index contributed by atoms with van der Waals surface area (Å²) in [5.74, 6) is -0.527. The van der Waals surface area contributed by atoms with Crippen LogP contribution in [0.25, 0.3) is 0 Å². The zero-order valence-corrected chi connectivity index (χ0v) is 7.05. The molecule has 3 N–H and O–H groups in total. The molecule has 0 aromatic heterocycles. The Balaban J connectivity index is 3.12. The lowest BCUT2D eigenvalue weighted by Crippen LogP contribution is -2.13. The van der Waals surface area contributed by atoms with Gasteiger partial charge in [-0.2, -0.15) is 0 Å². The van der Waals surface area contributed by atoms with Crippen LogP contribution in [0.15, 0.2) is 18.2 Å². The van der Waals surface area contributed by atoms with E-state index in [-0.39, 0.29) is 17.1 Å². The number of hydrogen-bond acceptors (Lipinski definition) is 2. The standard InChI is InChI=1S/C8H9ClFNO/c9-5-2-1-3-6(10)8(5)7(12)4-11/h1-3,7,12H,4,11H2/t7-/m1/s1. The third kappa shape index (κ3) is 1.75. The number of rotatable bonds is 2. The van der Waals surface area contributed by atoms with Crippen LogP contribution in [-0.2, 0) is 0 Å². The summed E-state index contributed by atoms with van der Waals surface area (Å²) in [5, 5.41) is 9.44. The van der Waals surface area contributed by atoms with Crippen LogP contribution in [0.3, 0.4) is 0 Å². The third-order valence-electron chi connectivity index (χ3n) is 1.56. The monoisotopic (exact) mass is 189 g/mol. The SMILES string of the molecule is NC[C@@H](O)c1c(F)cccc1Cl. The number of aliphatic hydroxyl groups is 1. The van der Waals surface area contributed by atoms with E-state index in [9.17, 15) is 9.50 Å². The molecule has 0 radical (unpaired) electrons. The zero-order valence-electron chi connectivity index (χ0n) is 6.30. The fourth-order valence-electron chi connectivity index (χ4n) is 0.947. The van der Waals surface area contributed by atoms with Crippen molar-refractivity contribution in [2.75, 3.05) is 6.54 Å². The van der Waals surface area contributed by atoms with Gasteiger partial charge in [0, 0.05) is 17.1 Å². The molecule has 1 aromatic carbocycles. The van der Waals surface area contributed by atoms with Gasteiger partial charge in [0.25, 0.3) is 0 Å². The fraction of sp³-hybridized carbons (Fsp3) is 0.250. The lowest BCUT2D eigenvalue weighted by Gasteiger charge is -2.10. The van der Waals surface area contributed by atoms with Crippen LogP contribution in [0.5, 0.6) is 0 Å². The molecule has 4 heteroatoms. The van der Waals surface area contributed by atoms with Crippen molar-refractivity contribution < 1.29 is 9.50 Å². The smallest absolute Gasteiger partial charge is 0.130 e. The molecule has 0 aliphatic carbocycles. The molecule has 0 aliphatic rings. The quantitative estimate of drug-likeness (QED) is 0.740. The highest BCUT2D eigenvalue weighted by Gasteiger charge is 2.14. The first-order valence-corrected chi connectivity index (χ1v) is 3.86. The van der Waals surface area contributed by atoms with Crippen molar-refractivity contribution in [2.45, 2.75) is 6.10 Å². The van der Waals surface area contributed by atoms with Gasteiger partial charge in [0.1, 0.15) is 5.82 Å². The normalized spacial score (nSPS) is 13.0. The third-order valence-corrected chi connectivity index (χ3v) is 1.89. The van der Waals surface area contributed by atoms with Crippen molar-refractivity contribution >= 4 is 11.6 Å². The van der Waals surface area contributed by atoms with Gasteiger partial charge in [-0.05, 0) is 12.1 Å². The number of hydrogen-bond donors (Lipinski definition) is 2. The lowest BCUT2D eigenvalue weighted by atomic mass is 10.1. The Kier molecular flexibility index (Phi) is 3.03. The predicted octanol–water partition coefficient (Wildman–Crippen LogP) is 1.47. The molecule has 0 heterocycles. The highest BCUT2D eigenvalue weighted by molar-refractivity contribution is 6.31. The maximum absolute atomic E-state index is 13.0. The molecule has 0 saturated carbocycles. The first-order chi connectivity index (χ1) is 5.66. The summed E-state index contributed by atoms with van der Waals surface area (Å²) in [4.78, 5) is 0. The zero-order chi connectivity index (χ0) is 9.14. The summed E-state index contributed by atoms with van der Waals surface area (Å²) in [7, 11) is 0. The van der Waals surface area contributed by atoms with Crippen LogP contribution < -0.4 is 5.73 Å². The van der Waals surface area contributed by atoms with Gasteiger partial charge in [0.05, 0.1) is 6.10 Å². The molecule has 0 saturated heterocycles. The number of aliphatic hydroxyl groups excluding tert-OH is 1. The summed E-state index contributed by atoms with van der Waals surface area (Å²) in [6.07, 6.45) is -1.03. The van der Waals surface area contributed by atoms with E-state index < -0.39 is 11.9 Å². The molecule has 1 rings (SSSR count). The second-order valence-corrected chi connectivity index (χ2v) is 2.79. The van der Waals surface area contributed by atoms with Crippen LogP contribution in [0.2, 0.25) is 5.02 Å². The Bertz CT molecular complexity index is 260. The molecule has 1 atom stereocenters. The molecule has 0 amide bonds. The first kappa shape index (κ1) is 9.45. The van der Waals surface area contributed by atoms with Gasteiger partial charge in [-0.15, -0.1) is 0 Å². The lowest BCUT2D eigenvalue weighted by molar-refractivity contribution is 0.182. The van der Waals surface area contributed by atoms with Crippen LogP contribution >= 0.6 is 11.6 Å². The van der Waals surface area contributed by atoms with E-state index in [2.05, 4.69) is 0 Å². The molecular weight excluding hydrogens is 181 g/mol. The van der Waals surface area contributed by atoms with Crippen LogP contribution in [-0.4, -0.2) is 11.7 Å². The maximum atomic E-state index is 13.0. The summed E-state index contributed by atoms with van der Waals surface area (Å²) in [5.41, 5.74) is 5.24. The van der Waals surface area contributed by atoms with Crippen LogP contribution in [0.1, 0.15) is 11.7 Å². The van der Waals surface area contributed by atoms with Gasteiger partial charge in [0.15, 0.2) is 0 Å². The van der Waals surface area contributed by atoms with E-state index in [1.807, 2.05) is 0 Å². The van der Waals surface area contributed by atoms with Crippen LogP contribution in [0.4, 0.5) is 4.39 Å². The summed E-state index contributed by atoms with van der Waals surface area (Å²) >= 11 is 5.65. The molecule has 0 unspecified atom stereocenters. The van der Waals surface area contributed by atoms with Crippen molar-refractivity contribution in [1.82, 2.24) is 0 Å². The van der Waals surface area contributed by atoms with Crippen molar-refractivity contribution in [3.63, 3.8) is 0 Å². The number of nitrogens with two attached hydrogens (primary N) is 1. The van der Waals surface area contributed by atoms with E-state index in [1.165, 1.54) is 18.2 Å². The topological polar surface area (TPSA) is 46.2 Å². The molecule has 2 nitrogen and oxygen atoms in total. The largest absolute Gasteiger partial charge is 0.387 e. The summed E-state index contributed by atoms with van der Waals surface area (Å²) in [6.45, 7) is -0.0410. The fourth-order valence-corrected chi connectivity index (χ4v) is 1.24. The van der Waals surface area contributed by atoms with E-state index in [4.69, 9.17) is 17.3 Å². The van der Waals surface area contributed by atoms with E-state index in [1.54, 1.807) is 0 Å². The maximum Gasteiger partial charge on any atom is 0.130 e. The molecular formula is C8H9ClFNO. The van der Waals surface area contributed by atoms with Gasteiger partial charge in [-0.3, -0.25) is 0 Å². The van der Waals surface area contributed by atoms with E-state index in [0.717, 1.165) is 0 Å². The Morgan fingerprint density at radius 2 is 2.25 bits per heavy atom. The van der Waals surface area contributed by atoms with Gasteiger partial charge >= 0.3 is 0 Å². The van der Waals surface area contributed by atoms with Crippen molar-refractivity contribution in [1.29, 1.82) is 0 Å². The van der Waals surface area contributed by atoms with E-state index >= 15 is 0 Å². The minimum atomic E-state index is -1.03. The van der Waals surface area contributed by atoms with E-state index in [0.29, 0.717) is 0 Å². The Labute approximate surface area is 74.8 Å². The van der Waals surface area contributed by atoms with Crippen molar-refractivity contribution in [2.24, 2.45) is 5.73 Å². The summed E-state index contributed by atoms with van der Waals surface area (Å²) < 4.78 is 13.0. The second-order valence-electron chi connectivity index (χ2n) is 2.39. The van der Waals surface area contributed by atoms with Gasteiger partial charge in [-0.25, -0.2) is 4.39 Å². The first-order valence-electron chi connectivity index (χ1n) is 3.49. The Hall–Kier alpha value is -0.640. The van der Waals surface area contributed by atoms with Crippen LogP contribution in [0, 0.1) is 5.82 Å². The van der Waals surface area contributed by atoms with Crippen molar-refractivity contribution in [3.8, 4) is 0 Å². The summed E-state index contributed by atoms with van der Waals surface area (Å²) in [6, 6.07) is 4.23. The Morgan fingerprint density at radius 3 is 2.75 bits per heavy atom. The highest BCUT2D eigenvalue weighted by Crippen LogP contribution is 2.24. The highest BCUT2D eigenvalue weighted by atomic mass is 35.5. The van der Waals surface area contributed by atoms with Gasteiger partial charge in [-0.1, -0.05) is 17.7 Å². The molecule has 66 valence electrons. The van der Waals surface area contributed by atoms with Crippen molar-refractivity contribution in [3.05, 3.63) is 34.6 Å². The number of benzene rings is 1. The van der Waals surface area contributed by atoms with Gasteiger partial charge < -0.3 is 10.8 Å². The predicted molar refractivity (Wildman–Crippen MR) is 45.4 cm³/mol. The number of halogens is 2. The second kappa shape index (κ2) is 3.85. The molecule has 0 bridgehead atoms. The Morgan fingerprint density at radius 1 is 1.58 bits per heavy atom. The minimum absolute atomic E-state index is 0.0410.